The van der Waals surface area contributed by atoms with Crippen molar-refractivity contribution in [2.45, 2.75) is 95.8 Å². The van der Waals surface area contributed by atoms with Crippen molar-refractivity contribution in [2.24, 2.45) is 0 Å². The molecule has 2 heterocycles. The minimum atomic E-state index is -0.852. The first kappa shape index (κ1) is 18.3. The predicted molar refractivity (Wildman–Crippen MR) is 96.5 cm³/mol. The maximum atomic E-state index is 13.5. The van der Waals surface area contributed by atoms with Crippen LogP contribution in [0.2, 0.25) is 0 Å². The maximum Gasteiger partial charge on any atom is 0.409 e. The molecule has 2 bridgehead atoms. The van der Waals surface area contributed by atoms with E-state index in [1.807, 2.05) is 23.6 Å². The van der Waals surface area contributed by atoms with Crippen LogP contribution in [0, 0.1) is 0 Å². The Morgan fingerprint density at radius 3 is 2.28 bits per heavy atom. The van der Waals surface area contributed by atoms with Crippen molar-refractivity contribution in [1.29, 1.82) is 0 Å². The van der Waals surface area contributed by atoms with Gasteiger partial charge in [0.25, 0.3) is 0 Å². The zero-order valence-electron chi connectivity index (χ0n) is 15.7. The van der Waals surface area contributed by atoms with Crippen molar-refractivity contribution in [2.75, 3.05) is 13.1 Å². The number of carbonyl (C=O) groups is 2. The highest BCUT2D eigenvalue weighted by molar-refractivity contribution is 5.77. The lowest BCUT2D eigenvalue weighted by Gasteiger charge is -2.54. The molecule has 6 nitrogen and oxygen atoms in total. The van der Waals surface area contributed by atoms with Crippen LogP contribution in [0.15, 0.2) is 0 Å². The highest BCUT2D eigenvalue weighted by Crippen LogP contribution is 2.48. The summed E-state index contributed by atoms with van der Waals surface area (Å²) in [6.07, 6.45) is 9.10. The van der Waals surface area contributed by atoms with Crippen LogP contribution < -0.4 is 0 Å². The molecule has 6 heteroatoms. The van der Waals surface area contributed by atoms with E-state index in [0.717, 1.165) is 57.8 Å². The number of rotatable bonds is 4. The van der Waals surface area contributed by atoms with E-state index in [1.54, 1.807) is 4.90 Å². The van der Waals surface area contributed by atoms with Gasteiger partial charge >= 0.3 is 12.1 Å². The lowest BCUT2D eigenvalue weighted by atomic mass is 9.88. The van der Waals surface area contributed by atoms with E-state index >= 15 is 0 Å². The standard InChI is InChI=1S/C19H33N3O3/c1-3-20(4-2)17(23)21(15-9-6-5-7-10-15)19-13-8-11-16(12-14-19)22(19)18(24)25/h15-16H,3-14H2,1-2H3,(H,24,25). The molecule has 0 radical (unpaired) electrons. The summed E-state index contributed by atoms with van der Waals surface area (Å²) >= 11 is 0. The van der Waals surface area contributed by atoms with Crippen molar-refractivity contribution in [3.8, 4) is 0 Å². The van der Waals surface area contributed by atoms with E-state index in [1.165, 1.54) is 6.42 Å². The Bertz CT molecular complexity index is 498. The van der Waals surface area contributed by atoms with Crippen LogP contribution in [0.3, 0.4) is 0 Å². The molecule has 1 N–H and O–H groups in total. The van der Waals surface area contributed by atoms with E-state index < -0.39 is 11.8 Å². The van der Waals surface area contributed by atoms with Crippen molar-refractivity contribution >= 4 is 12.1 Å². The monoisotopic (exact) mass is 351 g/mol. The van der Waals surface area contributed by atoms with Gasteiger partial charge in [-0.1, -0.05) is 19.3 Å². The van der Waals surface area contributed by atoms with Gasteiger partial charge in [-0.05, 0) is 58.8 Å². The molecule has 3 aliphatic rings. The number of hydrogen-bond acceptors (Lipinski definition) is 2. The third-order valence-electron chi connectivity index (χ3n) is 6.64. The number of urea groups is 1. The largest absolute Gasteiger partial charge is 0.465 e. The van der Waals surface area contributed by atoms with E-state index in [0.29, 0.717) is 13.1 Å². The lowest BCUT2D eigenvalue weighted by Crippen LogP contribution is -2.68. The summed E-state index contributed by atoms with van der Waals surface area (Å²) in [5.74, 6) is 0. The van der Waals surface area contributed by atoms with Gasteiger partial charge in [0.05, 0.1) is 0 Å². The highest BCUT2D eigenvalue weighted by atomic mass is 16.4. The first-order valence-corrected chi connectivity index (χ1v) is 10.2. The zero-order valence-corrected chi connectivity index (χ0v) is 15.7. The van der Waals surface area contributed by atoms with Crippen LogP contribution in [0.4, 0.5) is 9.59 Å². The third-order valence-corrected chi connectivity index (χ3v) is 6.64. The second-order valence-corrected chi connectivity index (χ2v) is 7.84. The Labute approximate surface area is 151 Å². The molecule has 3 amide bonds. The number of fused-ring (bicyclic) bond motifs is 2. The zero-order chi connectivity index (χ0) is 18.0. The Hall–Kier alpha value is -1.46. The fraction of sp³-hybridized carbons (Fsp3) is 0.895. The van der Waals surface area contributed by atoms with Gasteiger partial charge in [-0.15, -0.1) is 0 Å². The number of carboxylic acid groups (broad SMARTS) is 1. The Balaban J connectivity index is 2.00. The highest BCUT2D eigenvalue weighted by Gasteiger charge is 2.58. The first-order valence-electron chi connectivity index (χ1n) is 10.2. The maximum absolute atomic E-state index is 13.5. The fourth-order valence-electron chi connectivity index (χ4n) is 5.48. The quantitative estimate of drug-likeness (QED) is 0.829. The van der Waals surface area contributed by atoms with E-state index in [2.05, 4.69) is 0 Å². The molecule has 142 valence electrons. The molecule has 2 saturated heterocycles. The Kier molecular flexibility index (Phi) is 5.44. The summed E-state index contributed by atoms with van der Waals surface area (Å²) in [6.45, 7) is 5.35. The average Bonchev–Trinajstić information content (AvgIpc) is 2.84. The first-order chi connectivity index (χ1) is 12.0. The molecule has 2 atom stereocenters. The smallest absolute Gasteiger partial charge is 0.409 e. The summed E-state index contributed by atoms with van der Waals surface area (Å²) in [6, 6.07) is 0.313. The second kappa shape index (κ2) is 7.42. The van der Waals surface area contributed by atoms with Gasteiger partial charge in [-0.25, -0.2) is 9.59 Å². The molecular weight excluding hydrogens is 318 g/mol. The van der Waals surface area contributed by atoms with Crippen LogP contribution in [0.5, 0.6) is 0 Å². The van der Waals surface area contributed by atoms with E-state index in [4.69, 9.17) is 0 Å². The van der Waals surface area contributed by atoms with Gasteiger partial charge in [0, 0.05) is 25.2 Å². The van der Waals surface area contributed by atoms with Crippen LogP contribution in [0.25, 0.3) is 0 Å². The van der Waals surface area contributed by atoms with Crippen LogP contribution in [-0.2, 0) is 0 Å². The number of piperidine rings is 1. The predicted octanol–water partition coefficient (Wildman–Crippen LogP) is 4.11. The van der Waals surface area contributed by atoms with Crippen molar-refractivity contribution in [1.82, 2.24) is 14.7 Å². The molecule has 1 saturated carbocycles. The van der Waals surface area contributed by atoms with Gasteiger partial charge in [0.2, 0.25) is 0 Å². The third kappa shape index (κ3) is 3.08. The molecule has 0 aromatic carbocycles. The van der Waals surface area contributed by atoms with Gasteiger partial charge in [-0.2, -0.15) is 0 Å². The van der Waals surface area contributed by atoms with Crippen LogP contribution in [-0.4, -0.2) is 62.8 Å². The van der Waals surface area contributed by atoms with E-state index in [-0.39, 0.29) is 18.1 Å². The molecular formula is C19H33N3O3. The topological polar surface area (TPSA) is 64.1 Å². The van der Waals surface area contributed by atoms with Crippen LogP contribution >= 0.6 is 0 Å². The Morgan fingerprint density at radius 2 is 1.68 bits per heavy atom. The second-order valence-electron chi connectivity index (χ2n) is 7.84. The molecule has 0 spiro atoms. The normalized spacial score (nSPS) is 29.5. The summed E-state index contributed by atoms with van der Waals surface area (Å²) in [7, 11) is 0. The van der Waals surface area contributed by atoms with Crippen molar-refractivity contribution < 1.29 is 14.7 Å². The molecule has 3 rings (SSSR count). The minimum absolute atomic E-state index is 0.0469. The molecule has 2 unspecified atom stereocenters. The minimum Gasteiger partial charge on any atom is -0.465 e. The van der Waals surface area contributed by atoms with E-state index in [9.17, 15) is 14.7 Å². The van der Waals surface area contributed by atoms with Gasteiger partial charge in [0.15, 0.2) is 0 Å². The summed E-state index contributed by atoms with van der Waals surface area (Å²) < 4.78 is 0. The lowest BCUT2D eigenvalue weighted by molar-refractivity contribution is -0.0648. The summed E-state index contributed by atoms with van der Waals surface area (Å²) in [5.41, 5.74) is -0.615. The molecule has 3 fully saturated rings. The fourth-order valence-corrected chi connectivity index (χ4v) is 5.48. The molecule has 0 aromatic rings. The van der Waals surface area contributed by atoms with Crippen LogP contribution in [0.1, 0.15) is 78.1 Å². The average molecular weight is 351 g/mol. The van der Waals surface area contributed by atoms with Crippen molar-refractivity contribution in [3.05, 3.63) is 0 Å². The molecule has 1 aliphatic carbocycles. The van der Waals surface area contributed by atoms with Gasteiger partial charge in [0.1, 0.15) is 5.66 Å². The number of hydrogen-bond donors (Lipinski definition) is 1. The van der Waals surface area contributed by atoms with Gasteiger partial charge in [-0.3, -0.25) is 9.80 Å². The summed E-state index contributed by atoms with van der Waals surface area (Å²) in [5, 5.41) is 9.94. The SMILES string of the molecule is CCN(CC)C(=O)N(C1CCCCC1)C12CCCC(CC1)N2C(=O)O. The molecule has 0 aromatic heterocycles. The number of nitrogens with zero attached hydrogens (tertiary/aromatic N) is 3. The van der Waals surface area contributed by atoms with Crippen molar-refractivity contribution in [3.63, 3.8) is 0 Å². The Morgan fingerprint density at radius 1 is 1.00 bits per heavy atom. The summed E-state index contributed by atoms with van der Waals surface area (Å²) in [4.78, 5) is 31.2. The molecule has 2 aliphatic heterocycles. The molecule has 25 heavy (non-hydrogen) atoms. The number of carbonyl (C=O) groups excluding carboxylic acids is 1. The number of amides is 3. The van der Waals surface area contributed by atoms with Gasteiger partial charge < -0.3 is 10.0 Å².